The first-order valence-electron chi connectivity index (χ1n) is 5.06. The standard InChI is InChI=1S/C12H13F2NO/c1-11(2,3)12(13,14)10-15-8-6-4-5-7-9(8)16-10/h4-7H,1-3H3. The molecule has 2 aromatic rings. The molecule has 2 rings (SSSR count). The van der Waals surface area contributed by atoms with Crippen LogP contribution in [-0.2, 0) is 5.92 Å². The van der Waals surface area contributed by atoms with Gasteiger partial charge in [-0.25, -0.2) is 4.98 Å². The summed E-state index contributed by atoms with van der Waals surface area (Å²) >= 11 is 0. The minimum absolute atomic E-state index is 0.390. The van der Waals surface area contributed by atoms with Crippen LogP contribution >= 0.6 is 0 Å². The Balaban J connectivity index is 2.56. The van der Waals surface area contributed by atoms with Crippen molar-refractivity contribution in [2.24, 2.45) is 5.41 Å². The SMILES string of the molecule is CC(C)(C)C(F)(F)c1nc2ccccc2o1. The van der Waals surface area contributed by atoms with Gasteiger partial charge in [0.05, 0.1) is 0 Å². The molecular weight excluding hydrogens is 212 g/mol. The normalized spacial score (nSPS) is 13.3. The molecule has 0 saturated heterocycles. The number of rotatable bonds is 1. The summed E-state index contributed by atoms with van der Waals surface area (Å²) in [6, 6.07) is 6.75. The number of hydrogen-bond acceptors (Lipinski definition) is 2. The predicted molar refractivity (Wildman–Crippen MR) is 57.4 cm³/mol. The van der Waals surface area contributed by atoms with E-state index in [0.717, 1.165) is 0 Å². The summed E-state index contributed by atoms with van der Waals surface area (Å²) in [4.78, 5) is 3.83. The molecule has 0 fully saturated rings. The van der Waals surface area contributed by atoms with Crippen LogP contribution in [0.3, 0.4) is 0 Å². The molecule has 1 aromatic heterocycles. The van der Waals surface area contributed by atoms with Gasteiger partial charge >= 0.3 is 5.92 Å². The average molecular weight is 225 g/mol. The predicted octanol–water partition coefficient (Wildman–Crippen LogP) is 3.97. The third-order valence-corrected chi connectivity index (χ3v) is 2.50. The molecule has 0 radical (unpaired) electrons. The van der Waals surface area contributed by atoms with Gasteiger partial charge in [-0.2, -0.15) is 8.78 Å². The van der Waals surface area contributed by atoms with Gasteiger partial charge in [-0.15, -0.1) is 0 Å². The van der Waals surface area contributed by atoms with Crippen LogP contribution in [0.5, 0.6) is 0 Å². The zero-order chi connectivity index (χ0) is 12.0. The molecule has 86 valence electrons. The zero-order valence-corrected chi connectivity index (χ0v) is 9.42. The summed E-state index contributed by atoms with van der Waals surface area (Å²) in [6.07, 6.45) is 0. The summed E-state index contributed by atoms with van der Waals surface area (Å²) in [7, 11) is 0. The Bertz CT molecular complexity index is 478. The van der Waals surface area contributed by atoms with Gasteiger partial charge < -0.3 is 4.42 Å². The van der Waals surface area contributed by atoms with Crippen molar-refractivity contribution in [3.8, 4) is 0 Å². The number of halogens is 2. The highest BCUT2D eigenvalue weighted by Gasteiger charge is 2.49. The first kappa shape index (κ1) is 11.0. The minimum Gasteiger partial charge on any atom is -0.435 e. The van der Waals surface area contributed by atoms with Gasteiger partial charge in [-0.3, -0.25) is 0 Å². The average Bonchev–Trinajstić information content (AvgIpc) is 2.59. The van der Waals surface area contributed by atoms with Crippen molar-refractivity contribution in [3.63, 3.8) is 0 Å². The Morgan fingerprint density at radius 3 is 2.31 bits per heavy atom. The third kappa shape index (κ3) is 1.58. The Morgan fingerprint density at radius 1 is 1.12 bits per heavy atom. The van der Waals surface area contributed by atoms with Gasteiger partial charge in [0.15, 0.2) is 5.58 Å². The van der Waals surface area contributed by atoms with E-state index in [1.807, 2.05) is 0 Å². The highest BCUT2D eigenvalue weighted by Crippen LogP contribution is 2.44. The van der Waals surface area contributed by atoms with Crippen molar-refractivity contribution in [1.82, 2.24) is 4.98 Å². The number of fused-ring (bicyclic) bond motifs is 1. The molecule has 0 bridgehead atoms. The molecule has 0 saturated carbocycles. The Kier molecular flexibility index (Phi) is 2.26. The van der Waals surface area contributed by atoms with Gasteiger partial charge in [0.1, 0.15) is 5.52 Å². The molecule has 0 aliphatic rings. The fraction of sp³-hybridized carbons (Fsp3) is 0.417. The number of aromatic nitrogens is 1. The van der Waals surface area contributed by atoms with Gasteiger partial charge in [0.2, 0.25) is 0 Å². The van der Waals surface area contributed by atoms with Crippen LogP contribution in [0.15, 0.2) is 28.7 Å². The second-order valence-corrected chi connectivity index (χ2v) is 4.81. The lowest BCUT2D eigenvalue weighted by Crippen LogP contribution is -2.31. The van der Waals surface area contributed by atoms with E-state index >= 15 is 0 Å². The van der Waals surface area contributed by atoms with E-state index in [1.54, 1.807) is 24.3 Å². The van der Waals surface area contributed by atoms with Gasteiger partial charge in [-0.05, 0) is 12.1 Å². The quantitative estimate of drug-likeness (QED) is 0.734. The van der Waals surface area contributed by atoms with Crippen molar-refractivity contribution < 1.29 is 13.2 Å². The van der Waals surface area contributed by atoms with Gasteiger partial charge in [0, 0.05) is 5.41 Å². The van der Waals surface area contributed by atoms with Crippen LogP contribution in [0, 0.1) is 5.41 Å². The summed E-state index contributed by atoms with van der Waals surface area (Å²) in [5.74, 6) is -3.59. The Hall–Kier alpha value is -1.45. The molecule has 0 amide bonds. The van der Waals surface area contributed by atoms with Crippen molar-refractivity contribution in [2.75, 3.05) is 0 Å². The van der Waals surface area contributed by atoms with Crippen molar-refractivity contribution in [3.05, 3.63) is 30.2 Å². The maximum atomic E-state index is 13.9. The number of hydrogen-bond donors (Lipinski definition) is 0. The van der Waals surface area contributed by atoms with E-state index in [1.165, 1.54) is 20.8 Å². The molecule has 1 heterocycles. The summed E-state index contributed by atoms with van der Waals surface area (Å²) in [5, 5.41) is 0. The number of oxazole rings is 1. The van der Waals surface area contributed by atoms with Crippen molar-refractivity contribution >= 4 is 11.1 Å². The fourth-order valence-electron chi connectivity index (χ4n) is 1.33. The lowest BCUT2D eigenvalue weighted by atomic mass is 9.88. The fourth-order valence-corrected chi connectivity index (χ4v) is 1.33. The van der Waals surface area contributed by atoms with Crippen LogP contribution in [-0.4, -0.2) is 4.98 Å². The Labute approximate surface area is 92.3 Å². The Morgan fingerprint density at radius 2 is 1.75 bits per heavy atom. The molecule has 2 nitrogen and oxygen atoms in total. The van der Waals surface area contributed by atoms with E-state index in [-0.39, 0.29) is 0 Å². The largest absolute Gasteiger partial charge is 0.435 e. The number of benzene rings is 1. The van der Waals surface area contributed by atoms with Crippen LogP contribution < -0.4 is 0 Å². The maximum Gasteiger partial charge on any atom is 0.327 e. The molecule has 0 spiro atoms. The lowest BCUT2D eigenvalue weighted by Gasteiger charge is -2.27. The van der Waals surface area contributed by atoms with E-state index in [4.69, 9.17) is 4.42 Å². The van der Waals surface area contributed by atoms with E-state index in [2.05, 4.69) is 4.98 Å². The lowest BCUT2D eigenvalue weighted by molar-refractivity contribution is -0.123. The molecule has 16 heavy (non-hydrogen) atoms. The molecular formula is C12H13F2NO. The minimum atomic E-state index is -3.08. The molecule has 0 unspecified atom stereocenters. The van der Waals surface area contributed by atoms with Crippen LogP contribution in [0.1, 0.15) is 26.7 Å². The molecule has 1 aromatic carbocycles. The second kappa shape index (κ2) is 3.27. The third-order valence-electron chi connectivity index (χ3n) is 2.50. The van der Waals surface area contributed by atoms with E-state index < -0.39 is 17.2 Å². The smallest absolute Gasteiger partial charge is 0.327 e. The van der Waals surface area contributed by atoms with Crippen LogP contribution in [0.2, 0.25) is 0 Å². The maximum absolute atomic E-state index is 13.9. The number of alkyl halides is 2. The van der Waals surface area contributed by atoms with E-state index in [0.29, 0.717) is 11.1 Å². The summed E-state index contributed by atoms with van der Waals surface area (Å²) in [6.45, 7) is 4.38. The topological polar surface area (TPSA) is 26.0 Å². The molecule has 0 atom stereocenters. The van der Waals surface area contributed by atoms with Crippen LogP contribution in [0.4, 0.5) is 8.78 Å². The number of nitrogens with zero attached hydrogens (tertiary/aromatic N) is 1. The molecule has 4 heteroatoms. The van der Waals surface area contributed by atoms with Crippen molar-refractivity contribution in [1.29, 1.82) is 0 Å². The van der Waals surface area contributed by atoms with Gasteiger partial charge in [0.25, 0.3) is 5.89 Å². The summed E-state index contributed by atoms with van der Waals surface area (Å²) in [5.41, 5.74) is -0.365. The first-order chi connectivity index (χ1) is 7.32. The van der Waals surface area contributed by atoms with E-state index in [9.17, 15) is 8.78 Å². The zero-order valence-electron chi connectivity index (χ0n) is 9.42. The second-order valence-electron chi connectivity index (χ2n) is 4.81. The highest BCUT2D eigenvalue weighted by molar-refractivity contribution is 5.72. The van der Waals surface area contributed by atoms with Gasteiger partial charge in [-0.1, -0.05) is 32.9 Å². The van der Waals surface area contributed by atoms with Crippen LogP contribution in [0.25, 0.3) is 11.1 Å². The number of para-hydroxylation sites is 2. The molecule has 0 aliphatic carbocycles. The molecule has 0 N–H and O–H groups in total. The first-order valence-corrected chi connectivity index (χ1v) is 5.06. The van der Waals surface area contributed by atoms with Crippen molar-refractivity contribution in [2.45, 2.75) is 26.7 Å². The summed E-state index contributed by atoms with van der Waals surface area (Å²) < 4.78 is 33.0. The molecule has 0 aliphatic heterocycles. The highest BCUT2D eigenvalue weighted by atomic mass is 19.3. The monoisotopic (exact) mass is 225 g/mol.